The lowest BCUT2D eigenvalue weighted by atomic mass is 9.98. The Labute approximate surface area is 121 Å². The smallest absolute Gasteiger partial charge is 0.123 e. The number of likely N-dealkylation sites (N-methyl/N-ethyl adjacent to an activating group) is 1. The third-order valence-corrected chi connectivity index (χ3v) is 4.22. The van der Waals surface area contributed by atoms with Gasteiger partial charge in [0.1, 0.15) is 5.82 Å². The monoisotopic (exact) mass is 279 g/mol. The van der Waals surface area contributed by atoms with Gasteiger partial charge in [0, 0.05) is 25.2 Å². The second-order valence-electron chi connectivity index (χ2n) is 6.21. The van der Waals surface area contributed by atoms with E-state index in [1.165, 1.54) is 25.1 Å². The molecule has 20 heavy (non-hydrogen) atoms. The van der Waals surface area contributed by atoms with E-state index in [9.17, 15) is 4.39 Å². The Hall–Kier alpha value is -0.970. The van der Waals surface area contributed by atoms with E-state index in [2.05, 4.69) is 23.9 Å². The molecule has 112 valence electrons. The lowest BCUT2D eigenvalue weighted by Gasteiger charge is -2.33. The highest BCUT2D eigenvalue weighted by Gasteiger charge is 2.26. The van der Waals surface area contributed by atoms with Gasteiger partial charge in [-0.3, -0.25) is 4.90 Å². The van der Waals surface area contributed by atoms with Crippen molar-refractivity contribution in [1.82, 2.24) is 9.80 Å². The van der Waals surface area contributed by atoms with E-state index < -0.39 is 0 Å². The highest BCUT2D eigenvalue weighted by molar-refractivity contribution is 5.21. The van der Waals surface area contributed by atoms with Gasteiger partial charge in [0.25, 0.3) is 0 Å². The van der Waals surface area contributed by atoms with E-state index in [0.717, 1.165) is 18.7 Å². The maximum atomic E-state index is 13.1. The van der Waals surface area contributed by atoms with Gasteiger partial charge in [-0.1, -0.05) is 12.1 Å². The average molecular weight is 279 g/mol. The molecule has 1 fully saturated rings. The van der Waals surface area contributed by atoms with Crippen LogP contribution in [-0.2, 0) is 0 Å². The zero-order chi connectivity index (χ0) is 14.7. The van der Waals surface area contributed by atoms with Crippen molar-refractivity contribution in [1.29, 1.82) is 0 Å². The summed E-state index contributed by atoms with van der Waals surface area (Å²) in [5, 5.41) is 0. The Morgan fingerprint density at radius 1 is 1.40 bits per heavy atom. The Balaban J connectivity index is 2.06. The molecule has 1 aliphatic heterocycles. The number of rotatable bonds is 5. The Morgan fingerprint density at radius 2 is 2.05 bits per heavy atom. The fourth-order valence-electron chi connectivity index (χ4n) is 3.32. The van der Waals surface area contributed by atoms with Crippen LogP contribution in [0.15, 0.2) is 24.3 Å². The molecular formula is C16H26FN3. The Kier molecular flexibility index (Phi) is 5.13. The Bertz CT molecular complexity index is 418. The largest absolute Gasteiger partial charge is 0.326 e. The van der Waals surface area contributed by atoms with Crippen molar-refractivity contribution < 1.29 is 4.39 Å². The van der Waals surface area contributed by atoms with Crippen molar-refractivity contribution >= 4 is 0 Å². The maximum absolute atomic E-state index is 13.1. The van der Waals surface area contributed by atoms with Crippen molar-refractivity contribution in [2.24, 2.45) is 11.7 Å². The van der Waals surface area contributed by atoms with Crippen LogP contribution in [0, 0.1) is 11.7 Å². The standard InChI is InChI=1S/C16H26FN3/c1-12(18)16(14-4-6-15(17)7-5-14)20(3)11-13-8-9-19(2)10-13/h4-7,12-13,16H,8-11,18H2,1-3H3. The second-order valence-corrected chi connectivity index (χ2v) is 6.21. The highest BCUT2D eigenvalue weighted by atomic mass is 19.1. The van der Waals surface area contributed by atoms with Crippen LogP contribution in [0.2, 0.25) is 0 Å². The lowest BCUT2D eigenvalue weighted by Crippen LogP contribution is -2.40. The zero-order valence-corrected chi connectivity index (χ0v) is 12.7. The number of halogens is 1. The summed E-state index contributed by atoms with van der Waals surface area (Å²) in [6.07, 6.45) is 1.25. The van der Waals surface area contributed by atoms with Crippen LogP contribution in [0.3, 0.4) is 0 Å². The van der Waals surface area contributed by atoms with Crippen molar-refractivity contribution in [3.8, 4) is 0 Å². The van der Waals surface area contributed by atoms with Gasteiger partial charge >= 0.3 is 0 Å². The molecule has 0 radical (unpaired) electrons. The molecular weight excluding hydrogens is 253 g/mol. The number of hydrogen-bond acceptors (Lipinski definition) is 3. The van der Waals surface area contributed by atoms with E-state index in [1.54, 1.807) is 0 Å². The summed E-state index contributed by atoms with van der Waals surface area (Å²) >= 11 is 0. The zero-order valence-electron chi connectivity index (χ0n) is 12.7. The van der Waals surface area contributed by atoms with Crippen LogP contribution in [0.4, 0.5) is 4.39 Å². The molecule has 0 bridgehead atoms. The fraction of sp³-hybridized carbons (Fsp3) is 0.625. The summed E-state index contributed by atoms with van der Waals surface area (Å²) in [5.74, 6) is 0.504. The van der Waals surface area contributed by atoms with E-state index in [1.807, 2.05) is 19.1 Å². The van der Waals surface area contributed by atoms with Crippen molar-refractivity contribution in [3.63, 3.8) is 0 Å². The molecule has 1 aromatic carbocycles. The molecule has 4 heteroatoms. The number of benzene rings is 1. The van der Waals surface area contributed by atoms with Crippen LogP contribution in [-0.4, -0.2) is 49.6 Å². The predicted molar refractivity (Wildman–Crippen MR) is 81.0 cm³/mol. The van der Waals surface area contributed by atoms with Gasteiger partial charge in [0.2, 0.25) is 0 Å². The summed E-state index contributed by atoms with van der Waals surface area (Å²) in [6.45, 7) is 5.39. The summed E-state index contributed by atoms with van der Waals surface area (Å²) in [4.78, 5) is 4.69. The van der Waals surface area contributed by atoms with E-state index >= 15 is 0 Å². The molecule has 2 N–H and O–H groups in total. The molecule has 0 saturated carbocycles. The first-order valence-electron chi connectivity index (χ1n) is 7.37. The molecule has 3 unspecified atom stereocenters. The summed E-state index contributed by atoms with van der Waals surface area (Å²) in [6, 6.07) is 6.89. The SMILES string of the molecule is CC(N)C(c1ccc(F)cc1)N(C)CC1CCN(C)C1. The first-order chi connectivity index (χ1) is 9.47. The minimum Gasteiger partial charge on any atom is -0.326 e. The predicted octanol–water partition coefficient (Wildman–Crippen LogP) is 2.10. The van der Waals surface area contributed by atoms with Crippen molar-refractivity contribution in [2.75, 3.05) is 33.7 Å². The summed E-state index contributed by atoms with van der Waals surface area (Å²) in [7, 11) is 4.29. The molecule has 1 aromatic rings. The van der Waals surface area contributed by atoms with E-state index in [4.69, 9.17) is 5.73 Å². The summed E-state index contributed by atoms with van der Waals surface area (Å²) in [5.41, 5.74) is 7.26. The molecule has 0 spiro atoms. The van der Waals surface area contributed by atoms with Gasteiger partial charge in [0.05, 0.1) is 0 Å². The van der Waals surface area contributed by atoms with Crippen LogP contribution in [0.25, 0.3) is 0 Å². The fourth-order valence-corrected chi connectivity index (χ4v) is 3.32. The molecule has 3 nitrogen and oxygen atoms in total. The maximum Gasteiger partial charge on any atom is 0.123 e. The third-order valence-electron chi connectivity index (χ3n) is 4.22. The van der Waals surface area contributed by atoms with Crippen LogP contribution >= 0.6 is 0 Å². The van der Waals surface area contributed by atoms with Crippen molar-refractivity contribution in [2.45, 2.75) is 25.4 Å². The van der Waals surface area contributed by atoms with Crippen molar-refractivity contribution in [3.05, 3.63) is 35.6 Å². The van der Waals surface area contributed by atoms with Gasteiger partial charge in [-0.05, 0) is 57.6 Å². The molecule has 3 atom stereocenters. The molecule has 0 aliphatic carbocycles. The normalized spacial score (nSPS) is 23.2. The highest BCUT2D eigenvalue weighted by Crippen LogP contribution is 2.25. The van der Waals surface area contributed by atoms with Gasteiger partial charge in [-0.25, -0.2) is 4.39 Å². The van der Waals surface area contributed by atoms with E-state index in [0.29, 0.717) is 5.92 Å². The first-order valence-corrected chi connectivity index (χ1v) is 7.37. The molecule has 1 saturated heterocycles. The molecule has 0 aromatic heterocycles. The van der Waals surface area contributed by atoms with Gasteiger partial charge in [-0.15, -0.1) is 0 Å². The number of hydrogen-bond donors (Lipinski definition) is 1. The lowest BCUT2D eigenvalue weighted by molar-refractivity contribution is 0.187. The minimum absolute atomic E-state index is 0.0181. The van der Waals surface area contributed by atoms with Gasteiger partial charge in [0.15, 0.2) is 0 Å². The van der Waals surface area contributed by atoms with Gasteiger partial charge < -0.3 is 10.6 Å². The Morgan fingerprint density at radius 3 is 2.55 bits per heavy atom. The minimum atomic E-state index is -0.197. The van der Waals surface area contributed by atoms with Crippen LogP contribution in [0.5, 0.6) is 0 Å². The molecule has 0 amide bonds. The second kappa shape index (κ2) is 6.66. The van der Waals surface area contributed by atoms with Crippen LogP contribution in [0.1, 0.15) is 24.9 Å². The number of likely N-dealkylation sites (tertiary alicyclic amines) is 1. The number of nitrogens with zero attached hydrogens (tertiary/aromatic N) is 2. The average Bonchev–Trinajstić information content (AvgIpc) is 2.77. The first kappa shape index (κ1) is 15.4. The quantitative estimate of drug-likeness (QED) is 0.896. The molecule has 1 heterocycles. The molecule has 1 aliphatic rings. The molecule has 2 rings (SSSR count). The topological polar surface area (TPSA) is 32.5 Å². The summed E-state index contributed by atoms with van der Waals surface area (Å²) < 4.78 is 13.1. The van der Waals surface area contributed by atoms with Gasteiger partial charge in [-0.2, -0.15) is 0 Å². The number of nitrogens with two attached hydrogens (primary N) is 1. The third kappa shape index (κ3) is 3.78. The van der Waals surface area contributed by atoms with E-state index in [-0.39, 0.29) is 17.9 Å². The van der Waals surface area contributed by atoms with Crippen LogP contribution < -0.4 is 5.73 Å².